The summed E-state index contributed by atoms with van der Waals surface area (Å²) in [7, 11) is 1.70. The second-order valence-corrected chi connectivity index (χ2v) is 6.12. The molecule has 0 unspecified atom stereocenters. The highest BCUT2D eigenvalue weighted by Gasteiger charge is 2.26. The number of hydrogen-bond donors (Lipinski definition) is 2. The van der Waals surface area contributed by atoms with Crippen LogP contribution in [0.15, 0.2) is 34.9 Å². The molecule has 3 rings (SSSR count). The fraction of sp³-hybridized carbons (Fsp3) is 0.444. The Morgan fingerprint density at radius 1 is 1.33 bits per heavy atom. The molecule has 128 valence electrons. The van der Waals surface area contributed by atoms with E-state index in [0.29, 0.717) is 11.6 Å². The predicted octanol–water partition coefficient (Wildman–Crippen LogP) is 3.73. The van der Waals surface area contributed by atoms with Crippen molar-refractivity contribution < 1.29 is 13.9 Å². The number of oxazole rings is 1. The molecule has 1 fully saturated rings. The first-order valence-electron chi connectivity index (χ1n) is 8.29. The number of anilines is 1. The Bertz CT molecular complexity index is 698. The van der Waals surface area contributed by atoms with Crippen molar-refractivity contribution in [3.05, 3.63) is 36.2 Å². The number of carbonyl (C=O) groups is 1. The SMILES string of the molecule is CO[C@H]1CCCC[C@@H]1NC(=O)Nc1cccc(-c2ncc(C)o2)c1. The molecule has 1 aromatic heterocycles. The van der Waals surface area contributed by atoms with Crippen LogP contribution in [0.5, 0.6) is 0 Å². The van der Waals surface area contributed by atoms with Gasteiger partial charge in [-0.25, -0.2) is 9.78 Å². The molecule has 0 aliphatic heterocycles. The second kappa shape index (κ2) is 7.49. The molecular formula is C18H23N3O3. The molecular weight excluding hydrogens is 306 g/mol. The van der Waals surface area contributed by atoms with E-state index in [1.165, 1.54) is 0 Å². The van der Waals surface area contributed by atoms with E-state index in [0.717, 1.165) is 37.0 Å². The van der Waals surface area contributed by atoms with Gasteiger partial charge >= 0.3 is 6.03 Å². The Morgan fingerprint density at radius 2 is 2.17 bits per heavy atom. The number of carbonyl (C=O) groups excluding carboxylic acids is 1. The van der Waals surface area contributed by atoms with Gasteiger partial charge in [-0.1, -0.05) is 18.9 Å². The van der Waals surface area contributed by atoms with Crippen molar-refractivity contribution in [1.29, 1.82) is 0 Å². The zero-order chi connectivity index (χ0) is 16.9. The van der Waals surface area contributed by atoms with E-state index in [4.69, 9.17) is 9.15 Å². The monoisotopic (exact) mass is 329 g/mol. The highest BCUT2D eigenvalue weighted by atomic mass is 16.5. The summed E-state index contributed by atoms with van der Waals surface area (Å²) in [6, 6.07) is 7.29. The summed E-state index contributed by atoms with van der Waals surface area (Å²) >= 11 is 0. The molecule has 0 radical (unpaired) electrons. The number of ether oxygens (including phenoxy) is 1. The Kier molecular flexibility index (Phi) is 5.15. The minimum atomic E-state index is -0.218. The number of nitrogens with zero attached hydrogens (tertiary/aromatic N) is 1. The lowest BCUT2D eigenvalue weighted by atomic mass is 9.92. The van der Waals surface area contributed by atoms with Gasteiger partial charge in [-0.05, 0) is 38.0 Å². The van der Waals surface area contributed by atoms with Crippen LogP contribution in [-0.4, -0.2) is 30.3 Å². The largest absolute Gasteiger partial charge is 0.441 e. The quantitative estimate of drug-likeness (QED) is 0.896. The van der Waals surface area contributed by atoms with Crippen LogP contribution >= 0.6 is 0 Å². The molecule has 2 N–H and O–H groups in total. The maximum absolute atomic E-state index is 12.3. The summed E-state index contributed by atoms with van der Waals surface area (Å²) in [5.74, 6) is 1.30. The number of amides is 2. The Morgan fingerprint density at radius 3 is 2.92 bits per heavy atom. The van der Waals surface area contributed by atoms with Gasteiger partial charge in [0.2, 0.25) is 5.89 Å². The number of benzene rings is 1. The van der Waals surface area contributed by atoms with Crippen molar-refractivity contribution in [1.82, 2.24) is 10.3 Å². The first kappa shape index (κ1) is 16.5. The first-order valence-corrected chi connectivity index (χ1v) is 8.29. The fourth-order valence-corrected chi connectivity index (χ4v) is 3.10. The van der Waals surface area contributed by atoms with Crippen LogP contribution in [0.3, 0.4) is 0 Å². The van der Waals surface area contributed by atoms with Crippen molar-refractivity contribution in [3.8, 4) is 11.5 Å². The zero-order valence-corrected chi connectivity index (χ0v) is 14.0. The van der Waals surface area contributed by atoms with Crippen molar-refractivity contribution in [3.63, 3.8) is 0 Å². The summed E-state index contributed by atoms with van der Waals surface area (Å²) in [5.41, 5.74) is 1.53. The number of methoxy groups -OCH3 is 1. The van der Waals surface area contributed by atoms with E-state index in [9.17, 15) is 4.79 Å². The van der Waals surface area contributed by atoms with E-state index in [2.05, 4.69) is 15.6 Å². The van der Waals surface area contributed by atoms with Gasteiger partial charge in [0.25, 0.3) is 0 Å². The van der Waals surface area contributed by atoms with Crippen molar-refractivity contribution in [2.45, 2.75) is 44.8 Å². The average molecular weight is 329 g/mol. The lowest BCUT2D eigenvalue weighted by Crippen LogP contribution is -2.47. The minimum absolute atomic E-state index is 0.0568. The van der Waals surface area contributed by atoms with Crippen molar-refractivity contribution in [2.24, 2.45) is 0 Å². The van der Waals surface area contributed by atoms with Gasteiger partial charge in [-0.15, -0.1) is 0 Å². The lowest BCUT2D eigenvalue weighted by Gasteiger charge is -2.31. The molecule has 1 aromatic carbocycles. The fourth-order valence-electron chi connectivity index (χ4n) is 3.10. The standard InChI is InChI=1S/C18H23N3O3/c1-12-11-19-17(24-12)13-6-5-7-14(10-13)20-18(22)21-15-8-3-4-9-16(15)23-2/h5-7,10-11,15-16H,3-4,8-9H2,1-2H3,(H2,20,21,22)/t15-,16-/m0/s1. The Labute approximate surface area is 141 Å². The average Bonchev–Trinajstić information content (AvgIpc) is 3.02. The van der Waals surface area contributed by atoms with E-state index in [1.54, 1.807) is 13.3 Å². The highest BCUT2D eigenvalue weighted by molar-refractivity contribution is 5.90. The molecule has 2 amide bonds. The van der Waals surface area contributed by atoms with Gasteiger partial charge in [0.05, 0.1) is 18.3 Å². The molecule has 1 heterocycles. The second-order valence-electron chi connectivity index (χ2n) is 6.12. The van der Waals surface area contributed by atoms with Gasteiger partial charge in [-0.2, -0.15) is 0 Å². The zero-order valence-electron chi connectivity index (χ0n) is 14.0. The van der Waals surface area contributed by atoms with Crippen LogP contribution < -0.4 is 10.6 Å². The van der Waals surface area contributed by atoms with E-state index in [1.807, 2.05) is 31.2 Å². The van der Waals surface area contributed by atoms with Crippen LogP contribution in [0.4, 0.5) is 10.5 Å². The number of aryl methyl sites for hydroxylation is 1. The highest BCUT2D eigenvalue weighted by Crippen LogP contribution is 2.23. The number of rotatable bonds is 4. The van der Waals surface area contributed by atoms with Gasteiger partial charge in [-0.3, -0.25) is 0 Å². The normalized spacial score (nSPS) is 20.6. The maximum atomic E-state index is 12.3. The third-order valence-electron chi connectivity index (χ3n) is 4.31. The first-order chi connectivity index (χ1) is 11.7. The smallest absolute Gasteiger partial charge is 0.319 e. The van der Waals surface area contributed by atoms with E-state index in [-0.39, 0.29) is 18.2 Å². The molecule has 6 heteroatoms. The lowest BCUT2D eigenvalue weighted by molar-refractivity contribution is 0.0459. The molecule has 2 atom stereocenters. The third kappa shape index (κ3) is 3.94. The van der Waals surface area contributed by atoms with Gasteiger partial charge < -0.3 is 19.8 Å². The van der Waals surface area contributed by atoms with Gasteiger partial charge in [0.1, 0.15) is 5.76 Å². The topological polar surface area (TPSA) is 76.4 Å². The summed E-state index contributed by atoms with van der Waals surface area (Å²) < 4.78 is 11.0. The summed E-state index contributed by atoms with van der Waals surface area (Å²) in [5, 5.41) is 5.89. The van der Waals surface area contributed by atoms with Crippen LogP contribution in [0.25, 0.3) is 11.5 Å². The van der Waals surface area contributed by atoms with Crippen LogP contribution in [0, 0.1) is 6.92 Å². The maximum Gasteiger partial charge on any atom is 0.319 e. The predicted molar refractivity (Wildman–Crippen MR) is 91.9 cm³/mol. The molecule has 1 aliphatic carbocycles. The molecule has 6 nitrogen and oxygen atoms in total. The van der Waals surface area contributed by atoms with E-state index < -0.39 is 0 Å². The number of nitrogens with one attached hydrogen (secondary N) is 2. The number of hydrogen-bond acceptors (Lipinski definition) is 4. The van der Waals surface area contributed by atoms with Crippen molar-refractivity contribution in [2.75, 3.05) is 12.4 Å². The molecule has 0 spiro atoms. The van der Waals surface area contributed by atoms with E-state index >= 15 is 0 Å². The molecule has 24 heavy (non-hydrogen) atoms. The third-order valence-corrected chi connectivity index (χ3v) is 4.31. The molecule has 1 saturated carbocycles. The molecule has 0 saturated heterocycles. The number of urea groups is 1. The van der Waals surface area contributed by atoms with Crippen molar-refractivity contribution >= 4 is 11.7 Å². The number of aromatic nitrogens is 1. The Balaban J connectivity index is 1.64. The summed E-state index contributed by atoms with van der Waals surface area (Å²) in [6.45, 7) is 1.85. The minimum Gasteiger partial charge on any atom is -0.441 e. The summed E-state index contributed by atoms with van der Waals surface area (Å²) in [6.07, 6.45) is 5.96. The van der Waals surface area contributed by atoms with Crippen LogP contribution in [-0.2, 0) is 4.74 Å². The molecule has 2 aromatic rings. The van der Waals surface area contributed by atoms with Gasteiger partial charge in [0.15, 0.2) is 0 Å². The summed E-state index contributed by atoms with van der Waals surface area (Å²) in [4.78, 5) is 16.5. The van der Waals surface area contributed by atoms with Crippen LogP contribution in [0.2, 0.25) is 0 Å². The van der Waals surface area contributed by atoms with Crippen LogP contribution in [0.1, 0.15) is 31.4 Å². The molecule has 0 bridgehead atoms. The van der Waals surface area contributed by atoms with Gasteiger partial charge in [0, 0.05) is 18.4 Å². The Hall–Kier alpha value is -2.34. The molecule has 1 aliphatic rings.